The molecule has 0 fully saturated rings. The van der Waals surface area contributed by atoms with Crippen LogP contribution in [0.3, 0.4) is 0 Å². The maximum atomic E-state index is 13.3. The van der Waals surface area contributed by atoms with Gasteiger partial charge in [0.15, 0.2) is 5.82 Å². The summed E-state index contributed by atoms with van der Waals surface area (Å²) in [4.78, 5) is 11.9. The number of amides is 1. The minimum atomic E-state index is -0.797. The second-order valence-corrected chi connectivity index (χ2v) is 6.12. The zero-order valence-electron chi connectivity index (χ0n) is 13.1. The molecule has 0 spiro atoms. The Hall–Kier alpha value is -3.01. The minimum Gasteiger partial charge on any atom is -0.335 e. The molecule has 0 saturated carbocycles. The van der Waals surface area contributed by atoms with Crippen molar-refractivity contribution in [2.75, 3.05) is 16.9 Å². The molecule has 6 nitrogen and oxygen atoms in total. The lowest BCUT2D eigenvalue weighted by atomic mass is 10.2. The summed E-state index contributed by atoms with van der Waals surface area (Å²) in [6, 6.07) is 8.38. The van der Waals surface area contributed by atoms with Crippen molar-refractivity contribution in [3.05, 3.63) is 59.9 Å². The molecule has 3 N–H and O–H groups in total. The second-order valence-electron chi connectivity index (χ2n) is 5.18. The summed E-state index contributed by atoms with van der Waals surface area (Å²) in [5.74, 6) is 3.46. The summed E-state index contributed by atoms with van der Waals surface area (Å²) in [7, 11) is 0. The van der Waals surface area contributed by atoms with E-state index in [0.29, 0.717) is 11.6 Å². The minimum absolute atomic E-state index is 0.00256. The van der Waals surface area contributed by atoms with E-state index >= 15 is 0 Å². The Balaban J connectivity index is 1.65. The fourth-order valence-electron chi connectivity index (χ4n) is 2.15. The predicted molar refractivity (Wildman–Crippen MR) is 91.3 cm³/mol. The van der Waals surface area contributed by atoms with Crippen LogP contribution in [-0.4, -0.2) is 26.5 Å². The molecule has 0 atom stereocenters. The molecular weight excluding hydrogens is 367 g/mol. The van der Waals surface area contributed by atoms with Crippen LogP contribution in [0.2, 0.25) is 0 Å². The maximum absolute atomic E-state index is 13.3. The Bertz CT molecular complexity index is 943. The quantitative estimate of drug-likeness (QED) is 0.526. The smallest absolute Gasteiger partial charge is 0.234 e. The van der Waals surface area contributed by atoms with E-state index in [0.717, 1.165) is 28.6 Å². The Morgan fingerprint density at radius 3 is 2.50 bits per heavy atom. The van der Waals surface area contributed by atoms with Gasteiger partial charge in [-0.15, -0.1) is 10.2 Å². The molecule has 0 radical (unpaired) electrons. The normalized spacial score (nSPS) is 10.7. The van der Waals surface area contributed by atoms with E-state index in [1.165, 1.54) is 18.2 Å². The maximum Gasteiger partial charge on any atom is 0.234 e. The van der Waals surface area contributed by atoms with Crippen molar-refractivity contribution in [2.24, 2.45) is 0 Å². The summed E-state index contributed by atoms with van der Waals surface area (Å²) < 4.78 is 40.7. The highest BCUT2D eigenvalue weighted by atomic mass is 32.2. The predicted octanol–water partition coefficient (Wildman–Crippen LogP) is 2.81. The number of halogens is 3. The van der Waals surface area contributed by atoms with Crippen molar-refractivity contribution >= 4 is 23.4 Å². The molecule has 0 aliphatic heterocycles. The van der Waals surface area contributed by atoms with Gasteiger partial charge in [-0.05, 0) is 24.3 Å². The van der Waals surface area contributed by atoms with E-state index in [4.69, 9.17) is 5.84 Å². The number of aromatic nitrogens is 3. The van der Waals surface area contributed by atoms with Gasteiger partial charge >= 0.3 is 0 Å². The number of rotatable bonds is 5. The first-order valence-electron chi connectivity index (χ1n) is 7.27. The fourth-order valence-corrected chi connectivity index (χ4v) is 2.81. The molecule has 0 aliphatic carbocycles. The number of thioether (sulfide) groups is 1. The number of carbonyl (C=O) groups excluding carboxylic acids is 1. The highest BCUT2D eigenvalue weighted by molar-refractivity contribution is 7.99. The topological polar surface area (TPSA) is 85.8 Å². The summed E-state index contributed by atoms with van der Waals surface area (Å²) in [6.45, 7) is 0. The number of hydrogen-bond acceptors (Lipinski definition) is 5. The highest BCUT2D eigenvalue weighted by Gasteiger charge is 2.14. The van der Waals surface area contributed by atoms with Gasteiger partial charge in [-0.1, -0.05) is 23.9 Å². The molecule has 1 aromatic heterocycles. The molecule has 26 heavy (non-hydrogen) atoms. The van der Waals surface area contributed by atoms with Crippen LogP contribution in [0.15, 0.2) is 47.6 Å². The zero-order chi connectivity index (χ0) is 18.7. The van der Waals surface area contributed by atoms with E-state index in [-0.39, 0.29) is 22.4 Å². The molecule has 2 aromatic carbocycles. The lowest BCUT2D eigenvalue weighted by molar-refractivity contribution is -0.113. The lowest BCUT2D eigenvalue weighted by Crippen LogP contribution is -2.16. The first-order chi connectivity index (χ1) is 12.4. The van der Waals surface area contributed by atoms with Crippen LogP contribution >= 0.6 is 11.8 Å². The van der Waals surface area contributed by atoms with Gasteiger partial charge in [0.05, 0.1) is 5.75 Å². The summed E-state index contributed by atoms with van der Waals surface area (Å²) in [5, 5.41) is 10.3. The van der Waals surface area contributed by atoms with Crippen molar-refractivity contribution in [1.29, 1.82) is 0 Å². The molecule has 134 valence electrons. The zero-order valence-corrected chi connectivity index (χ0v) is 13.9. The first kappa shape index (κ1) is 17.8. The van der Waals surface area contributed by atoms with E-state index in [1.807, 2.05) is 0 Å². The van der Waals surface area contributed by atoms with Crippen molar-refractivity contribution in [1.82, 2.24) is 14.9 Å². The second kappa shape index (κ2) is 7.48. The van der Waals surface area contributed by atoms with Crippen LogP contribution < -0.4 is 11.2 Å². The summed E-state index contributed by atoms with van der Waals surface area (Å²) in [5.41, 5.74) is 0.439. The summed E-state index contributed by atoms with van der Waals surface area (Å²) in [6.07, 6.45) is 0. The number of nitrogens with one attached hydrogen (secondary N) is 1. The van der Waals surface area contributed by atoms with Crippen LogP contribution in [0.1, 0.15) is 0 Å². The number of benzene rings is 2. The lowest BCUT2D eigenvalue weighted by Gasteiger charge is -2.06. The van der Waals surface area contributed by atoms with Gasteiger partial charge in [-0.2, -0.15) is 0 Å². The number of nitrogens with zero attached hydrogens (tertiary/aromatic N) is 3. The third-order valence-corrected chi connectivity index (χ3v) is 4.17. The van der Waals surface area contributed by atoms with Gasteiger partial charge in [-0.25, -0.2) is 17.8 Å². The van der Waals surface area contributed by atoms with Gasteiger partial charge in [0.2, 0.25) is 11.1 Å². The third kappa shape index (κ3) is 4.14. The van der Waals surface area contributed by atoms with Crippen molar-refractivity contribution < 1.29 is 18.0 Å². The van der Waals surface area contributed by atoms with E-state index in [9.17, 15) is 18.0 Å². The van der Waals surface area contributed by atoms with Gasteiger partial charge in [0, 0.05) is 17.3 Å². The van der Waals surface area contributed by atoms with Crippen molar-refractivity contribution in [2.45, 2.75) is 5.16 Å². The van der Waals surface area contributed by atoms with E-state index in [1.54, 1.807) is 6.07 Å². The van der Waals surface area contributed by atoms with E-state index < -0.39 is 23.4 Å². The Morgan fingerprint density at radius 2 is 1.81 bits per heavy atom. The van der Waals surface area contributed by atoms with Gasteiger partial charge in [0.25, 0.3) is 0 Å². The largest absolute Gasteiger partial charge is 0.335 e. The molecule has 0 bridgehead atoms. The van der Waals surface area contributed by atoms with Crippen molar-refractivity contribution in [3.63, 3.8) is 0 Å². The molecule has 3 rings (SSSR count). The molecular formula is C16H12F3N5OS. The Morgan fingerprint density at radius 1 is 1.08 bits per heavy atom. The number of hydrogen-bond donors (Lipinski definition) is 2. The summed E-state index contributed by atoms with van der Waals surface area (Å²) >= 11 is 0.974. The molecule has 0 saturated heterocycles. The van der Waals surface area contributed by atoms with Crippen LogP contribution in [0.4, 0.5) is 18.9 Å². The number of carbonyl (C=O) groups is 1. The van der Waals surface area contributed by atoms with Crippen LogP contribution in [0.25, 0.3) is 11.4 Å². The van der Waals surface area contributed by atoms with Crippen LogP contribution in [0.5, 0.6) is 0 Å². The van der Waals surface area contributed by atoms with Crippen LogP contribution in [-0.2, 0) is 4.79 Å². The molecule has 0 aliphatic rings. The van der Waals surface area contributed by atoms with Crippen LogP contribution in [0, 0.1) is 17.5 Å². The average Bonchev–Trinajstić information content (AvgIpc) is 2.93. The SMILES string of the molecule is Nn1c(SCC(=O)Nc2cc(F)cc(F)c2)nnc1-c1cccc(F)c1. The number of anilines is 1. The average molecular weight is 379 g/mol. The highest BCUT2D eigenvalue weighted by Crippen LogP contribution is 2.22. The Labute approximate surface area is 150 Å². The molecule has 0 unspecified atom stereocenters. The van der Waals surface area contributed by atoms with Gasteiger partial charge in [-0.3, -0.25) is 4.79 Å². The number of nitrogens with two attached hydrogens (primary N) is 1. The Kier molecular flexibility index (Phi) is 5.12. The molecule has 10 heteroatoms. The fraction of sp³-hybridized carbons (Fsp3) is 0.0625. The monoisotopic (exact) mass is 379 g/mol. The van der Waals surface area contributed by atoms with Gasteiger partial charge in [0.1, 0.15) is 17.5 Å². The van der Waals surface area contributed by atoms with Gasteiger partial charge < -0.3 is 11.2 Å². The molecule has 1 amide bonds. The van der Waals surface area contributed by atoms with E-state index in [2.05, 4.69) is 15.5 Å². The standard InChI is InChI=1S/C16H12F3N5OS/c17-10-3-1-2-9(4-10)15-22-23-16(24(15)20)26-8-14(25)21-13-6-11(18)5-12(19)7-13/h1-7H,8,20H2,(H,21,25). The first-order valence-corrected chi connectivity index (χ1v) is 8.26. The van der Waals surface area contributed by atoms with Crippen molar-refractivity contribution in [3.8, 4) is 11.4 Å². The third-order valence-electron chi connectivity index (χ3n) is 3.23. The molecule has 1 heterocycles. The number of nitrogen functional groups attached to an aromatic ring is 1. The molecule has 3 aromatic rings.